The highest BCUT2D eigenvalue weighted by molar-refractivity contribution is 9.10. The van der Waals surface area contributed by atoms with Crippen LogP contribution < -0.4 is 5.32 Å². The first kappa shape index (κ1) is 15.8. The van der Waals surface area contributed by atoms with Crippen molar-refractivity contribution in [2.75, 3.05) is 11.9 Å². The molecule has 112 valence electrons. The fourth-order valence-corrected chi connectivity index (χ4v) is 3.92. The smallest absolute Gasteiger partial charge is 0.0661 e. The number of benzene rings is 1. The summed E-state index contributed by atoms with van der Waals surface area (Å²) in [6, 6.07) is 8.23. The highest BCUT2D eigenvalue weighted by Gasteiger charge is 2.35. The topological polar surface area (TPSA) is 32.3 Å². The Kier molecular flexibility index (Phi) is 5.50. The number of aliphatic hydroxyl groups is 1. The molecule has 20 heavy (non-hydrogen) atoms. The van der Waals surface area contributed by atoms with Crippen LogP contribution in [0.15, 0.2) is 28.7 Å². The molecule has 0 heterocycles. The van der Waals surface area contributed by atoms with Crippen molar-refractivity contribution in [3.05, 3.63) is 28.7 Å². The highest BCUT2D eigenvalue weighted by atomic mass is 79.9. The lowest BCUT2D eigenvalue weighted by molar-refractivity contribution is 0.135. The molecule has 2 atom stereocenters. The molecule has 2 nitrogen and oxygen atoms in total. The molecule has 0 aromatic heterocycles. The van der Waals surface area contributed by atoms with Crippen LogP contribution in [-0.2, 0) is 0 Å². The quantitative estimate of drug-likeness (QED) is 0.805. The Hall–Kier alpha value is -0.540. The number of hydrogen-bond acceptors (Lipinski definition) is 2. The van der Waals surface area contributed by atoms with E-state index in [1.54, 1.807) is 0 Å². The lowest BCUT2D eigenvalue weighted by Crippen LogP contribution is -2.46. The molecular weight excluding hydrogens is 314 g/mol. The van der Waals surface area contributed by atoms with Crippen LogP contribution in [0.5, 0.6) is 0 Å². The summed E-state index contributed by atoms with van der Waals surface area (Å²) in [7, 11) is 0. The summed E-state index contributed by atoms with van der Waals surface area (Å²) in [5, 5.41) is 13.6. The molecule has 1 aliphatic carbocycles. The summed E-state index contributed by atoms with van der Waals surface area (Å²) in [5.74, 6) is 1.47. The summed E-state index contributed by atoms with van der Waals surface area (Å²) >= 11 is 3.51. The molecule has 3 heteroatoms. The standard InChI is InChI=1S/C17H26BrNO/c1-13(2)9-14-5-4-8-17(11-14,12-20)19-16-7-3-6-15(18)10-16/h3,6-7,10,13-14,19-20H,4-5,8-9,11-12H2,1-2H3. The number of aliphatic hydroxyl groups excluding tert-OH is 1. The summed E-state index contributed by atoms with van der Waals surface area (Å²) in [6.45, 7) is 4.79. The molecule has 2 rings (SSSR count). The maximum absolute atomic E-state index is 9.95. The Balaban J connectivity index is 2.08. The molecule has 2 unspecified atom stereocenters. The van der Waals surface area contributed by atoms with Gasteiger partial charge in [0.15, 0.2) is 0 Å². The average Bonchev–Trinajstić information content (AvgIpc) is 2.38. The van der Waals surface area contributed by atoms with E-state index in [1.165, 1.54) is 19.3 Å². The van der Waals surface area contributed by atoms with Crippen molar-refractivity contribution in [1.29, 1.82) is 0 Å². The van der Waals surface area contributed by atoms with Crippen LogP contribution in [0.4, 0.5) is 5.69 Å². The summed E-state index contributed by atoms with van der Waals surface area (Å²) < 4.78 is 1.07. The van der Waals surface area contributed by atoms with E-state index >= 15 is 0 Å². The predicted molar refractivity (Wildman–Crippen MR) is 89.0 cm³/mol. The van der Waals surface area contributed by atoms with Gasteiger partial charge in [0.1, 0.15) is 0 Å². The lowest BCUT2D eigenvalue weighted by Gasteiger charge is -2.41. The van der Waals surface area contributed by atoms with Crippen molar-refractivity contribution in [3.8, 4) is 0 Å². The van der Waals surface area contributed by atoms with E-state index in [0.29, 0.717) is 0 Å². The average molecular weight is 340 g/mol. The fraction of sp³-hybridized carbons (Fsp3) is 0.647. The first-order valence-electron chi connectivity index (χ1n) is 7.67. The van der Waals surface area contributed by atoms with E-state index in [4.69, 9.17) is 0 Å². The zero-order chi connectivity index (χ0) is 14.6. The molecule has 0 saturated heterocycles. The van der Waals surface area contributed by atoms with Crippen molar-refractivity contribution < 1.29 is 5.11 Å². The number of anilines is 1. The van der Waals surface area contributed by atoms with Crippen LogP contribution in [-0.4, -0.2) is 17.3 Å². The number of hydrogen-bond donors (Lipinski definition) is 2. The van der Waals surface area contributed by atoms with Crippen LogP contribution in [0.2, 0.25) is 0 Å². The van der Waals surface area contributed by atoms with Crippen LogP contribution in [0.1, 0.15) is 46.0 Å². The molecule has 0 radical (unpaired) electrons. The van der Waals surface area contributed by atoms with Crippen molar-refractivity contribution >= 4 is 21.6 Å². The molecule has 0 spiro atoms. The predicted octanol–water partition coefficient (Wildman–Crippen LogP) is 4.83. The molecule has 0 amide bonds. The normalized spacial score (nSPS) is 26.8. The Morgan fingerprint density at radius 3 is 2.90 bits per heavy atom. The Bertz CT molecular complexity index is 435. The highest BCUT2D eigenvalue weighted by Crippen LogP contribution is 2.38. The second-order valence-electron chi connectivity index (χ2n) is 6.67. The van der Waals surface area contributed by atoms with Gasteiger partial charge in [-0.3, -0.25) is 0 Å². The van der Waals surface area contributed by atoms with Gasteiger partial charge in [0.05, 0.1) is 12.1 Å². The summed E-state index contributed by atoms with van der Waals surface area (Å²) in [4.78, 5) is 0. The monoisotopic (exact) mass is 339 g/mol. The van der Waals surface area contributed by atoms with Gasteiger partial charge in [-0.05, 0) is 49.3 Å². The zero-order valence-corrected chi connectivity index (χ0v) is 14.1. The van der Waals surface area contributed by atoms with Gasteiger partial charge < -0.3 is 10.4 Å². The van der Waals surface area contributed by atoms with E-state index in [0.717, 1.165) is 34.8 Å². The van der Waals surface area contributed by atoms with Crippen molar-refractivity contribution in [2.45, 2.75) is 51.5 Å². The molecule has 1 aromatic carbocycles. The number of rotatable bonds is 5. The van der Waals surface area contributed by atoms with Gasteiger partial charge in [-0.15, -0.1) is 0 Å². The first-order chi connectivity index (χ1) is 9.53. The molecule has 1 saturated carbocycles. The van der Waals surface area contributed by atoms with Gasteiger partial charge in [0.25, 0.3) is 0 Å². The maximum atomic E-state index is 9.95. The third kappa shape index (κ3) is 4.23. The first-order valence-corrected chi connectivity index (χ1v) is 8.47. The van der Waals surface area contributed by atoms with Crippen LogP contribution in [0, 0.1) is 11.8 Å². The minimum atomic E-state index is -0.140. The fourth-order valence-electron chi connectivity index (χ4n) is 3.52. The molecule has 1 aliphatic rings. The van der Waals surface area contributed by atoms with E-state index in [1.807, 2.05) is 12.1 Å². The third-order valence-electron chi connectivity index (χ3n) is 4.29. The van der Waals surface area contributed by atoms with Crippen LogP contribution in [0.25, 0.3) is 0 Å². The largest absolute Gasteiger partial charge is 0.394 e. The molecule has 0 bridgehead atoms. The second-order valence-corrected chi connectivity index (χ2v) is 7.58. The number of nitrogens with one attached hydrogen (secondary N) is 1. The third-order valence-corrected chi connectivity index (χ3v) is 4.78. The van der Waals surface area contributed by atoms with E-state index in [2.05, 4.69) is 47.2 Å². The molecule has 1 fully saturated rings. The molecular formula is C17H26BrNO. The van der Waals surface area contributed by atoms with Gasteiger partial charge in [0, 0.05) is 10.2 Å². The minimum Gasteiger partial charge on any atom is -0.394 e. The Morgan fingerprint density at radius 2 is 2.25 bits per heavy atom. The summed E-state index contributed by atoms with van der Waals surface area (Å²) in [5.41, 5.74) is 0.956. The maximum Gasteiger partial charge on any atom is 0.0661 e. The zero-order valence-electron chi connectivity index (χ0n) is 12.5. The molecule has 1 aromatic rings. The Morgan fingerprint density at radius 1 is 1.45 bits per heavy atom. The number of halogens is 1. The second kappa shape index (κ2) is 6.95. The van der Waals surface area contributed by atoms with Crippen LogP contribution in [0.3, 0.4) is 0 Å². The van der Waals surface area contributed by atoms with Gasteiger partial charge in [-0.25, -0.2) is 0 Å². The van der Waals surface area contributed by atoms with E-state index in [-0.39, 0.29) is 12.1 Å². The lowest BCUT2D eigenvalue weighted by atomic mass is 9.73. The van der Waals surface area contributed by atoms with E-state index < -0.39 is 0 Å². The Labute approximate surface area is 131 Å². The van der Waals surface area contributed by atoms with Gasteiger partial charge >= 0.3 is 0 Å². The SMILES string of the molecule is CC(C)CC1CCCC(CO)(Nc2cccc(Br)c2)C1. The van der Waals surface area contributed by atoms with Crippen molar-refractivity contribution in [1.82, 2.24) is 0 Å². The minimum absolute atomic E-state index is 0.140. The molecule has 2 N–H and O–H groups in total. The van der Waals surface area contributed by atoms with Gasteiger partial charge in [0.2, 0.25) is 0 Å². The molecule has 0 aliphatic heterocycles. The summed E-state index contributed by atoms with van der Waals surface area (Å²) in [6.07, 6.45) is 5.92. The van der Waals surface area contributed by atoms with Gasteiger partial charge in [-0.1, -0.05) is 48.7 Å². The van der Waals surface area contributed by atoms with Crippen molar-refractivity contribution in [3.63, 3.8) is 0 Å². The van der Waals surface area contributed by atoms with Crippen molar-refractivity contribution in [2.24, 2.45) is 11.8 Å². The van der Waals surface area contributed by atoms with E-state index in [9.17, 15) is 5.11 Å². The van der Waals surface area contributed by atoms with Gasteiger partial charge in [-0.2, -0.15) is 0 Å². The van der Waals surface area contributed by atoms with Crippen LogP contribution >= 0.6 is 15.9 Å².